The molecule has 0 aromatic carbocycles. The predicted octanol–water partition coefficient (Wildman–Crippen LogP) is 2.73. The summed E-state index contributed by atoms with van der Waals surface area (Å²) in [7, 11) is 1.51. The number of carbonyl (C=O) groups is 2. The summed E-state index contributed by atoms with van der Waals surface area (Å²) in [5, 5.41) is 11.5. The third-order valence-corrected chi connectivity index (χ3v) is 3.25. The first kappa shape index (κ1) is 18.9. The van der Waals surface area contributed by atoms with Gasteiger partial charge in [-0.05, 0) is 6.42 Å². The molecule has 0 aliphatic rings. The molecule has 1 unspecified atom stereocenters. The third-order valence-electron chi connectivity index (χ3n) is 3.25. The van der Waals surface area contributed by atoms with Gasteiger partial charge in [-0.1, -0.05) is 45.4 Å². The Hall–Kier alpha value is -1.10. The van der Waals surface area contributed by atoms with Crippen LogP contribution >= 0.6 is 0 Å². The summed E-state index contributed by atoms with van der Waals surface area (Å²) in [6, 6.07) is -0.841. The molecular weight excluding hydrogens is 258 g/mol. The molecule has 0 rings (SSSR count). The van der Waals surface area contributed by atoms with Gasteiger partial charge in [0.15, 0.2) is 0 Å². The second-order valence-corrected chi connectivity index (χ2v) is 5.11. The number of carboxylic acid groups (broad SMARTS) is 1. The van der Waals surface area contributed by atoms with E-state index in [1.165, 1.54) is 32.8 Å². The van der Waals surface area contributed by atoms with Gasteiger partial charge in [-0.2, -0.15) is 0 Å². The molecule has 0 saturated carbocycles. The van der Waals surface area contributed by atoms with Gasteiger partial charge in [-0.3, -0.25) is 4.79 Å². The van der Waals surface area contributed by atoms with Crippen molar-refractivity contribution in [3.63, 3.8) is 0 Å². The van der Waals surface area contributed by atoms with Crippen LogP contribution in [0, 0.1) is 0 Å². The van der Waals surface area contributed by atoms with Crippen molar-refractivity contribution in [3.05, 3.63) is 0 Å². The van der Waals surface area contributed by atoms with Crippen LogP contribution in [0.3, 0.4) is 0 Å². The van der Waals surface area contributed by atoms with Crippen LogP contribution in [0.25, 0.3) is 0 Å². The minimum atomic E-state index is -1.00. The number of rotatable bonds is 13. The third kappa shape index (κ3) is 10.8. The SMILES string of the molecule is CCCCCCCCCC(=O)NC(CCOC)C(=O)O. The van der Waals surface area contributed by atoms with E-state index < -0.39 is 12.0 Å². The van der Waals surface area contributed by atoms with Crippen LogP contribution in [-0.2, 0) is 14.3 Å². The highest BCUT2D eigenvalue weighted by Gasteiger charge is 2.18. The Labute approximate surface area is 122 Å². The number of aliphatic carboxylic acids is 1. The van der Waals surface area contributed by atoms with E-state index in [0.717, 1.165) is 19.3 Å². The van der Waals surface area contributed by atoms with Crippen molar-refractivity contribution in [1.82, 2.24) is 5.32 Å². The summed E-state index contributed by atoms with van der Waals surface area (Å²) in [5.41, 5.74) is 0. The Morgan fingerprint density at radius 3 is 2.25 bits per heavy atom. The molecule has 0 aromatic rings. The van der Waals surface area contributed by atoms with Gasteiger partial charge in [-0.25, -0.2) is 4.79 Å². The van der Waals surface area contributed by atoms with Crippen LogP contribution in [0.1, 0.15) is 64.7 Å². The van der Waals surface area contributed by atoms with Gasteiger partial charge in [-0.15, -0.1) is 0 Å². The summed E-state index contributed by atoms with van der Waals surface area (Å²) < 4.78 is 4.83. The summed E-state index contributed by atoms with van der Waals surface area (Å²) in [6.45, 7) is 2.52. The molecule has 20 heavy (non-hydrogen) atoms. The van der Waals surface area contributed by atoms with Crippen LogP contribution in [0.15, 0.2) is 0 Å². The van der Waals surface area contributed by atoms with Gasteiger partial charge in [0.25, 0.3) is 0 Å². The van der Waals surface area contributed by atoms with Crippen molar-refractivity contribution < 1.29 is 19.4 Å². The van der Waals surface area contributed by atoms with Crippen molar-refractivity contribution >= 4 is 11.9 Å². The highest BCUT2D eigenvalue weighted by Crippen LogP contribution is 2.08. The number of carboxylic acids is 1. The monoisotopic (exact) mass is 287 g/mol. The number of amides is 1. The molecule has 1 amide bonds. The zero-order valence-electron chi connectivity index (χ0n) is 12.8. The van der Waals surface area contributed by atoms with Crippen molar-refractivity contribution in [1.29, 1.82) is 0 Å². The first-order chi connectivity index (χ1) is 9.61. The van der Waals surface area contributed by atoms with E-state index in [4.69, 9.17) is 9.84 Å². The maximum Gasteiger partial charge on any atom is 0.326 e. The summed E-state index contributed by atoms with van der Waals surface area (Å²) in [6.07, 6.45) is 8.72. The highest BCUT2D eigenvalue weighted by atomic mass is 16.5. The minimum Gasteiger partial charge on any atom is -0.480 e. The maximum atomic E-state index is 11.6. The molecule has 0 bridgehead atoms. The standard InChI is InChI=1S/C15H29NO4/c1-3-4-5-6-7-8-9-10-14(17)16-13(15(18)19)11-12-20-2/h13H,3-12H2,1-2H3,(H,16,17)(H,18,19). The number of carbonyl (C=O) groups excluding carboxylic acids is 1. The molecule has 0 aliphatic carbocycles. The minimum absolute atomic E-state index is 0.179. The van der Waals surface area contributed by atoms with Crippen molar-refractivity contribution in [2.24, 2.45) is 0 Å². The lowest BCUT2D eigenvalue weighted by atomic mass is 10.1. The number of ether oxygens (including phenoxy) is 1. The van der Waals surface area contributed by atoms with Crippen LogP contribution in [0.2, 0.25) is 0 Å². The van der Waals surface area contributed by atoms with Gasteiger partial charge in [0.1, 0.15) is 6.04 Å². The van der Waals surface area contributed by atoms with E-state index in [9.17, 15) is 9.59 Å². The zero-order chi connectivity index (χ0) is 15.2. The number of methoxy groups -OCH3 is 1. The lowest BCUT2D eigenvalue weighted by Crippen LogP contribution is -2.41. The summed E-state index contributed by atoms with van der Waals surface area (Å²) >= 11 is 0. The average Bonchev–Trinajstić information content (AvgIpc) is 2.42. The van der Waals surface area contributed by atoms with E-state index in [2.05, 4.69) is 12.2 Å². The molecule has 0 heterocycles. The van der Waals surface area contributed by atoms with E-state index in [-0.39, 0.29) is 5.91 Å². The van der Waals surface area contributed by atoms with Crippen LogP contribution in [0.5, 0.6) is 0 Å². The molecular formula is C15H29NO4. The highest BCUT2D eigenvalue weighted by molar-refractivity contribution is 5.83. The maximum absolute atomic E-state index is 11.6. The van der Waals surface area contributed by atoms with Crippen molar-refractivity contribution in [2.75, 3.05) is 13.7 Å². The fourth-order valence-electron chi connectivity index (χ4n) is 2.00. The second kappa shape index (κ2) is 12.9. The largest absolute Gasteiger partial charge is 0.480 e. The number of hydrogen-bond acceptors (Lipinski definition) is 3. The zero-order valence-corrected chi connectivity index (χ0v) is 12.8. The summed E-state index contributed by atoms with van der Waals surface area (Å²) in [4.78, 5) is 22.6. The fourth-order valence-corrected chi connectivity index (χ4v) is 2.00. The Morgan fingerprint density at radius 2 is 1.70 bits per heavy atom. The topological polar surface area (TPSA) is 75.6 Å². The molecule has 5 heteroatoms. The molecule has 0 spiro atoms. The van der Waals surface area contributed by atoms with E-state index in [1.54, 1.807) is 0 Å². The van der Waals surface area contributed by atoms with Gasteiger partial charge in [0.2, 0.25) is 5.91 Å². The smallest absolute Gasteiger partial charge is 0.326 e. The van der Waals surface area contributed by atoms with E-state index >= 15 is 0 Å². The summed E-state index contributed by atoms with van der Waals surface area (Å²) in [5.74, 6) is -1.18. The Kier molecular flexibility index (Phi) is 12.2. The average molecular weight is 287 g/mol. The normalized spacial score (nSPS) is 12.1. The molecule has 118 valence electrons. The fraction of sp³-hybridized carbons (Fsp3) is 0.867. The molecule has 0 radical (unpaired) electrons. The lowest BCUT2D eigenvalue weighted by molar-refractivity contribution is -0.142. The first-order valence-electron chi connectivity index (χ1n) is 7.63. The number of hydrogen-bond donors (Lipinski definition) is 2. The molecule has 0 fully saturated rings. The number of unbranched alkanes of at least 4 members (excludes halogenated alkanes) is 6. The van der Waals surface area contributed by atoms with Gasteiger partial charge < -0.3 is 15.2 Å². The lowest BCUT2D eigenvalue weighted by Gasteiger charge is -2.13. The van der Waals surface area contributed by atoms with Crippen LogP contribution in [-0.4, -0.2) is 36.7 Å². The molecule has 0 saturated heterocycles. The molecule has 1 atom stereocenters. The molecule has 0 aromatic heterocycles. The van der Waals surface area contributed by atoms with Gasteiger partial charge in [0.05, 0.1) is 0 Å². The second-order valence-electron chi connectivity index (χ2n) is 5.11. The van der Waals surface area contributed by atoms with E-state index in [1.807, 2.05) is 0 Å². The first-order valence-corrected chi connectivity index (χ1v) is 7.63. The van der Waals surface area contributed by atoms with E-state index in [0.29, 0.717) is 19.4 Å². The quantitative estimate of drug-likeness (QED) is 0.511. The molecule has 5 nitrogen and oxygen atoms in total. The molecule has 2 N–H and O–H groups in total. The van der Waals surface area contributed by atoms with Gasteiger partial charge in [0, 0.05) is 26.6 Å². The Morgan fingerprint density at radius 1 is 1.10 bits per heavy atom. The number of nitrogens with one attached hydrogen (secondary N) is 1. The van der Waals surface area contributed by atoms with Crippen molar-refractivity contribution in [3.8, 4) is 0 Å². The Bertz CT molecular complexity index is 269. The predicted molar refractivity (Wildman–Crippen MR) is 78.7 cm³/mol. The Balaban J connectivity index is 3.66. The van der Waals surface area contributed by atoms with Crippen molar-refractivity contribution in [2.45, 2.75) is 70.8 Å². The van der Waals surface area contributed by atoms with Crippen LogP contribution in [0.4, 0.5) is 0 Å². The van der Waals surface area contributed by atoms with Crippen LogP contribution < -0.4 is 5.32 Å². The molecule has 0 aliphatic heterocycles. The van der Waals surface area contributed by atoms with Gasteiger partial charge >= 0.3 is 5.97 Å².